The molecule has 4 N–H and O–H groups in total. The zero-order valence-corrected chi connectivity index (χ0v) is 15.4. The third kappa shape index (κ3) is 5.56. The quantitative estimate of drug-likeness (QED) is 0.679. The summed E-state index contributed by atoms with van der Waals surface area (Å²) >= 11 is 5.08. The van der Waals surface area contributed by atoms with Crippen molar-refractivity contribution in [3.63, 3.8) is 0 Å². The topological polar surface area (TPSA) is 93.4 Å². The molecular weight excluding hydrogens is 350 g/mol. The molecule has 2 rings (SSSR count). The summed E-state index contributed by atoms with van der Waals surface area (Å²) < 4.78 is 5.44. The lowest BCUT2D eigenvalue weighted by Crippen LogP contribution is -2.37. The maximum atomic E-state index is 12.0. The molecule has 0 unspecified atom stereocenters. The third-order valence-corrected chi connectivity index (χ3v) is 3.81. The standard InChI is InChI=1S/C19H21N3O3S/c1-12(2)13-7-9-14(10-8-13)25-11-17(23)22-19(26)21-16-6-4-3-5-15(16)18(20)24/h3-10,12H,11H2,1-2H3,(H2,20,24)(H2,21,22,23,26). The van der Waals surface area contributed by atoms with Crippen LogP contribution in [0.2, 0.25) is 0 Å². The lowest BCUT2D eigenvalue weighted by atomic mass is 10.0. The van der Waals surface area contributed by atoms with E-state index in [4.69, 9.17) is 22.7 Å². The zero-order chi connectivity index (χ0) is 19.1. The van der Waals surface area contributed by atoms with E-state index in [0.29, 0.717) is 17.4 Å². The number of carbonyl (C=O) groups is 2. The van der Waals surface area contributed by atoms with Crippen LogP contribution in [-0.2, 0) is 4.79 Å². The van der Waals surface area contributed by atoms with E-state index in [2.05, 4.69) is 24.5 Å². The average Bonchev–Trinajstić information content (AvgIpc) is 2.60. The molecule has 0 saturated carbocycles. The predicted molar refractivity (Wildman–Crippen MR) is 105 cm³/mol. The number of rotatable bonds is 6. The molecule has 0 radical (unpaired) electrons. The van der Waals surface area contributed by atoms with Crippen molar-refractivity contribution in [2.75, 3.05) is 11.9 Å². The molecule has 2 aromatic carbocycles. The number of para-hydroxylation sites is 1. The van der Waals surface area contributed by atoms with E-state index >= 15 is 0 Å². The number of hydrogen-bond acceptors (Lipinski definition) is 4. The fraction of sp³-hybridized carbons (Fsp3) is 0.211. The van der Waals surface area contributed by atoms with Crippen molar-refractivity contribution >= 4 is 34.8 Å². The highest BCUT2D eigenvalue weighted by Gasteiger charge is 2.11. The van der Waals surface area contributed by atoms with Gasteiger partial charge >= 0.3 is 0 Å². The highest BCUT2D eigenvalue weighted by Crippen LogP contribution is 2.18. The van der Waals surface area contributed by atoms with Gasteiger partial charge in [-0.1, -0.05) is 38.1 Å². The van der Waals surface area contributed by atoms with Crippen LogP contribution in [-0.4, -0.2) is 23.5 Å². The minimum absolute atomic E-state index is 0.0578. The second kappa shape index (κ2) is 8.96. The van der Waals surface area contributed by atoms with Gasteiger partial charge in [0.25, 0.3) is 11.8 Å². The van der Waals surface area contributed by atoms with Crippen molar-refractivity contribution in [3.8, 4) is 5.75 Å². The van der Waals surface area contributed by atoms with Crippen molar-refractivity contribution in [2.45, 2.75) is 19.8 Å². The number of ether oxygens (including phenoxy) is 1. The first-order valence-electron chi connectivity index (χ1n) is 8.09. The minimum atomic E-state index is -0.588. The van der Waals surface area contributed by atoms with E-state index in [1.54, 1.807) is 24.3 Å². The number of anilines is 1. The first-order chi connectivity index (χ1) is 12.4. The Morgan fingerprint density at radius 1 is 1.12 bits per heavy atom. The van der Waals surface area contributed by atoms with Crippen molar-refractivity contribution in [3.05, 3.63) is 59.7 Å². The lowest BCUT2D eigenvalue weighted by Gasteiger charge is -2.12. The molecule has 0 saturated heterocycles. The summed E-state index contributed by atoms with van der Waals surface area (Å²) in [6.07, 6.45) is 0. The Morgan fingerprint density at radius 2 is 1.77 bits per heavy atom. The van der Waals surface area contributed by atoms with Gasteiger partial charge in [-0.2, -0.15) is 0 Å². The van der Waals surface area contributed by atoms with Gasteiger partial charge in [-0.05, 0) is 48.0 Å². The molecule has 26 heavy (non-hydrogen) atoms. The summed E-state index contributed by atoms with van der Waals surface area (Å²) in [7, 11) is 0. The number of carbonyl (C=O) groups excluding carboxylic acids is 2. The van der Waals surface area contributed by atoms with Crippen LogP contribution < -0.4 is 21.1 Å². The summed E-state index contributed by atoms with van der Waals surface area (Å²) in [5.74, 6) is 0.0315. The van der Waals surface area contributed by atoms with E-state index in [1.807, 2.05) is 24.3 Å². The Bertz CT molecular complexity index is 804. The van der Waals surface area contributed by atoms with Gasteiger partial charge in [0.1, 0.15) is 5.75 Å². The first-order valence-corrected chi connectivity index (χ1v) is 8.50. The molecule has 0 bridgehead atoms. The summed E-state index contributed by atoms with van der Waals surface area (Å²) in [6, 6.07) is 14.2. The smallest absolute Gasteiger partial charge is 0.264 e. The highest BCUT2D eigenvalue weighted by molar-refractivity contribution is 7.80. The van der Waals surface area contributed by atoms with E-state index in [1.165, 1.54) is 5.56 Å². The SMILES string of the molecule is CC(C)c1ccc(OCC(=O)NC(=S)Nc2ccccc2C(N)=O)cc1. The summed E-state index contributed by atoms with van der Waals surface area (Å²) in [5, 5.41) is 5.34. The van der Waals surface area contributed by atoms with Crippen molar-refractivity contribution in [2.24, 2.45) is 5.73 Å². The van der Waals surface area contributed by atoms with Gasteiger partial charge in [0.15, 0.2) is 11.7 Å². The Labute approximate surface area is 157 Å². The normalized spacial score (nSPS) is 10.3. The molecule has 0 aliphatic carbocycles. The second-order valence-electron chi connectivity index (χ2n) is 5.92. The van der Waals surface area contributed by atoms with E-state index < -0.39 is 11.8 Å². The van der Waals surface area contributed by atoms with Gasteiger partial charge in [0, 0.05) is 0 Å². The molecule has 2 amide bonds. The van der Waals surface area contributed by atoms with Crippen LogP contribution in [0.25, 0.3) is 0 Å². The Kier molecular flexibility index (Phi) is 6.68. The van der Waals surface area contributed by atoms with Crippen LogP contribution >= 0.6 is 12.2 Å². The van der Waals surface area contributed by atoms with E-state index in [-0.39, 0.29) is 17.3 Å². The van der Waals surface area contributed by atoms with Crippen LogP contribution in [0.3, 0.4) is 0 Å². The second-order valence-corrected chi connectivity index (χ2v) is 6.33. The van der Waals surface area contributed by atoms with Crippen LogP contribution in [0.1, 0.15) is 35.7 Å². The number of thiocarbonyl (C=S) groups is 1. The van der Waals surface area contributed by atoms with Crippen molar-refractivity contribution < 1.29 is 14.3 Å². The molecule has 0 atom stereocenters. The Hall–Kier alpha value is -2.93. The van der Waals surface area contributed by atoms with Gasteiger partial charge < -0.3 is 15.8 Å². The van der Waals surface area contributed by atoms with Gasteiger partial charge in [-0.15, -0.1) is 0 Å². The van der Waals surface area contributed by atoms with Gasteiger partial charge in [-0.25, -0.2) is 0 Å². The average molecular weight is 371 g/mol. The number of amides is 2. The van der Waals surface area contributed by atoms with Crippen LogP contribution in [0, 0.1) is 0 Å². The largest absolute Gasteiger partial charge is 0.484 e. The summed E-state index contributed by atoms with van der Waals surface area (Å²) in [5.41, 5.74) is 7.21. The highest BCUT2D eigenvalue weighted by atomic mass is 32.1. The molecule has 136 valence electrons. The summed E-state index contributed by atoms with van der Waals surface area (Å²) in [4.78, 5) is 23.3. The van der Waals surface area contributed by atoms with Crippen molar-refractivity contribution in [1.82, 2.24) is 5.32 Å². The number of nitrogens with one attached hydrogen (secondary N) is 2. The van der Waals surface area contributed by atoms with Gasteiger partial charge in [0.2, 0.25) is 0 Å². The number of primary amides is 1. The fourth-order valence-corrected chi connectivity index (χ4v) is 2.44. The molecule has 0 aromatic heterocycles. The first kappa shape index (κ1) is 19.4. The number of hydrogen-bond donors (Lipinski definition) is 3. The Morgan fingerprint density at radius 3 is 2.38 bits per heavy atom. The maximum Gasteiger partial charge on any atom is 0.264 e. The van der Waals surface area contributed by atoms with E-state index in [9.17, 15) is 9.59 Å². The van der Waals surface area contributed by atoms with Crippen LogP contribution in [0.15, 0.2) is 48.5 Å². The van der Waals surface area contributed by atoms with Gasteiger partial charge in [-0.3, -0.25) is 14.9 Å². The molecule has 0 aliphatic heterocycles. The zero-order valence-electron chi connectivity index (χ0n) is 14.6. The molecule has 0 aliphatic rings. The fourth-order valence-electron chi connectivity index (χ4n) is 2.22. The molecule has 0 spiro atoms. The minimum Gasteiger partial charge on any atom is -0.484 e. The molecule has 7 heteroatoms. The predicted octanol–water partition coefficient (Wildman–Crippen LogP) is 2.80. The molecule has 0 fully saturated rings. The molecule has 6 nitrogen and oxygen atoms in total. The summed E-state index contributed by atoms with van der Waals surface area (Å²) in [6.45, 7) is 4.03. The third-order valence-electron chi connectivity index (χ3n) is 3.61. The van der Waals surface area contributed by atoms with E-state index in [0.717, 1.165) is 0 Å². The number of benzene rings is 2. The maximum absolute atomic E-state index is 12.0. The molecular formula is C19H21N3O3S. The Balaban J connectivity index is 1.86. The lowest BCUT2D eigenvalue weighted by molar-refractivity contribution is -0.121. The van der Waals surface area contributed by atoms with Gasteiger partial charge in [0.05, 0.1) is 11.3 Å². The number of nitrogens with two attached hydrogens (primary N) is 1. The van der Waals surface area contributed by atoms with Crippen molar-refractivity contribution in [1.29, 1.82) is 0 Å². The monoisotopic (exact) mass is 371 g/mol. The molecule has 2 aromatic rings. The van der Waals surface area contributed by atoms with Crippen LogP contribution in [0.4, 0.5) is 5.69 Å². The van der Waals surface area contributed by atoms with Crippen LogP contribution in [0.5, 0.6) is 5.75 Å². The molecule has 0 heterocycles.